The second-order valence-electron chi connectivity index (χ2n) is 8.98. The fourth-order valence-electron chi connectivity index (χ4n) is 5.13. The number of fused-ring (bicyclic) bond motifs is 5. The van der Waals surface area contributed by atoms with Crippen molar-refractivity contribution in [1.29, 1.82) is 0 Å². The Bertz CT molecular complexity index is 1350. The van der Waals surface area contributed by atoms with Gasteiger partial charge in [0.1, 0.15) is 0 Å². The summed E-state index contributed by atoms with van der Waals surface area (Å²) in [5, 5.41) is 16.0. The highest BCUT2D eigenvalue weighted by atomic mass is 16.6. The molecule has 2 aromatic rings. The Hall–Kier alpha value is -4.60. The Morgan fingerprint density at radius 2 is 1.81 bits per heavy atom. The summed E-state index contributed by atoms with van der Waals surface area (Å²) < 4.78 is 11.0. The van der Waals surface area contributed by atoms with Gasteiger partial charge in [0, 0.05) is 18.2 Å². The van der Waals surface area contributed by atoms with Crippen LogP contribution in [0.15, 0.2) is 65.8 Å². The lowest BCUT2D eigenvalue weighted by atomic mass is 9.85. The number of nitrogens with zero attached hydrogens (tertiary/aromatic N) is 3. The van der Waals surface area contributed by atoms with E-state index in [9.17, 15) is 24.5 Å². The van der Waals surface area contributed by atoms with E-state index in [1.807, 2.05) is 12.2 Å². The number of benzene rings is 2. The van der Waals surface area contributed by atoms with Crippen LogP contribution in [0.5, 0.6) is 11.5 Å². The number of esters is 1. The number of hydrogen-bond donors (Lipinski definition) is 0. The van der Waals surface area contributed by atoms with Gasteiger partial charge in [0.05, 0.1) is 29.6 Å². The average molecular weight is 501 g/mol. The zero-order valence-electron chi connectivity index (χ0n) is 19.9. The molecule has 188 valence electrons. The Morgan fingerprint density at radius 1 is 1.08 bits per heavy atom. The van der Waals surface area contributed by atoms with Gasteiger partial charge in [-0.1, -0.05) is 24.3 Å². The first-order valence-electron chi connectivity index (χ1n) is 11.9. The lowest BCUT2D eigenvalue weighted by Crippen LogP contribution is -2.28. The van der Waals surface area contributed by atoms with E-state index in [4.69, 9.17) is 9.47 Å². The minimum atomic E-state index is -0.697. The molecule has 0 N–H and O–H groups in total. The fraction of sp³-hybridized carbons (Fsp3) is 0.259. The summed E-state index contributed by atoms with van der Waals surface area (Å²) in [5.74, 6) is -1.22. The van der Waals surface area contributed by atoms with Crippen LogP contribution in [-0.2, 0) is 14.4 Å². The van der Waals surface area contributed by atoms with E-state index in [-0.39, 0.29) is 52.7 Å². The van der Waals surface area contributed by atoms with Crippen LogP contribution in [0.4, 0.5) is 5.69 Å². The summed E-state index contributed by atoms with van der Waals surface area (Å²) in [6.07, 6.45) is 8.88. The van der Waals surface area contributed by atoms with Crippen LogP contribution >= 0.6 is 0 Å². The van der Waals surface area contributed by atoms with E-state index < -0.39 is 10.9 Å². The van der Waals surface area contributed by atoms with Gasteiger partial charge in [-0.15, -0.1) is 0 Å². The van der Waals surface area contributed by atoms with Crippen LogP contribution in [0.25, 0.3) is 6.08 Å². The summed E-state index contributed by atoms with van der Waals surface area (Å²) in [6, 6.07) is 10.6. The van der Waals surface area contributed by atoms with E-state index in [2.05, 4.69) is 5.10 Å². The molecule has 2 aliphatic carbocycles. The number of nitro benzene ring substituents is 1. The Morgan fingerprint density at radius 3 is 2.49 bits per heavy atom. The first kappa shape index (κ1) is 24.1. The maximum Gasteiger partial charge on any atom is 0.336 e. The molecule has 2 amide bonds. The lowest BCUT2D eigenvalue weighted by molar-refractivity contribution is -0.384. The molecule has 10 nitrogen and oxygen atoms in total. The highest BCUT2D eigenvalue weighted by Crippen LogP contribution is 2.52. The third-order valence-corrected chi connectivity index (χ3v) is 6.74. The number of allylic oxidation sites excluding steroid dienone is 2. The average Bonchev–Trinajstić information content (AvgIpc) is 3.57. The lowest BCUT2D eigenvalue weighted by Gasteiger charge is -2.13. The molecule has 1 saturated heterocycles. The van der Waals surface area contributed by atoms with Gasteiger partial charge in [-0.25, -0.2) is 4.79 Å². The number of ether oxygens (including phenoxy) is 2. The third kappa shape index (κ3) is 4.65. The Kier molecular flexibility index (Phi) is 6.39. The van der Waals surface area contributed by atoms with E-state index in [1.165, 1.54) is 36.6 Å². The molecule has 0 spiro atoms. The molecule has 0 unspecified atom stereocenters. The molecular formula is C27H23N3O7. The van der Waals surface area contributed by atoms with Gasteiger partial charge in [0.15, 0.2) is 11.5 Å². The maximum absolute atomic E-state index is 12.8. The van der Waals surface area contributed by atoms with Crippen molar-refractivity contribution >= 4 is 35.8 Å². The van der Waals surface area contributed by atoms with Crippen LogP contribution in [0, 0.1) is 33.8 Å². The number of nitro groups is 1. The molecule has 37 heavy (non-hydrogen) atoms. The van der Waals surface area contributed by atoms with Crippen molar-refractivity contribution in [3.8, 4) is 11.5 Å². The largest absolute Gasteiger partial charge is 0.490 e. The molecule has 10 heteroatoms. The summed E-state index contributed by atoms with van der Waals surface area (Å²) in [5.41, 5.74) is 0.937. The predicted molar refractivity (Wildman–Crippen MR) is 133 cm³/mol. The van der Waals surface area contributed by atoms with Crippen molar-refractivity contribution in [2.45, 2.75) is 13.3 Å². The summed E-state index contributed by atoms with van der Waals surface area (Å²) >= 11 is 0. The van der Waals surface area contributed by atoms with Crippen LogP contribution < -0.4 is 9.47 Å². The van der Waals surface area contributed by atoms with Gasteiger partial charge in [0.2, 0.25) is 0 Å². The topological polar surface area (TPSA) is 128 Å². The van der Waals surface area contributed by atoms with E-state index in [1.54, 1.807) is 25.1 Å². The number of hydrazone groups is 1. The zero-order chi connectivity index (χ0) is 26.1. The number of imide groups is 1. The SMILES string of the molecule is CCOc1cc(C=NN2C(=O)[C@@H]3[C@H](C2=O)[C@H]2C=C[C@H]3C2)ccc1OC(=O)/C=C/c1cccc([N+](=O)[O-])c1. The number of carbonyl (C=O) groups excluding carboxylic acids is 3. The normalized spacial score (nSPS) is 23.9. The summed E-state index contributed by atoms with van der Waals surface area (Å²) in [4.78, 5) is 48.4. The van der Waals surface area contributed by atoms with E-state index in [0.29, 0.717) is 17.7 Å². The van der Waals surface area contributed by atoms with E-state index >= 15 is 0 Å². The van der Waals surface area contributed by atoms with Gasteiger partial charge >= 0.3 is 5.97 Å². The molecule has 2 fully saturated rings. The van der Waals surface area contributed by atoms with Gasteiger partial charge in [-0.2, -0.15) is 10.1 Å². The van der Waals surface area contributed by atoms with Gasteiger partial charge in [0.25, 0.3) is 17.5 Å². The first-order valence-corrected chi connectivity index (χ1v) is 11.9. The standard InChI is InChI=1S/C27H23N3O7/c1-2-36-22-13-17(15-28-29-26(32)24-18-8-9-19(14-18)25(24)27(29)33)6-10-21(22)37-23(31)11-7-16-4-3-5-20(12-16)30(34)35/h3-13,15,18-19,24-25H,2,14H2,1H3/b11-7+,28-15?/t18-,19-,24-,25+/m0/s1. The van der Waals surface area contributed by atoms with Crippen LogP contribution in [0.2, 0.25) is 0 Å². The quantitative estimate of drug-likeness (QED) is 0.0787. The molecule has 2 bridgehead atoms. The van der Waals surface area contributed by atoms with Gasteiger partial charge in [-0.05, 0) is 60.6 Å². The van der Waals surface area contributed by atoms with Crippen molar-refractivity contribution in [2.24, 2.45) is 28.8 Å². The third-order valence-electron chi connectivity index (χ3n) is 6.74. The van der Waals surface area contributed by atoms with Crippen molar-refractivity contribution in [1.82, 2.24) is 5.01 Å². The Labute approximate surface area is 212 Å². The molecule has 5 rings (SSSR count). The predicted octanol–water partition coefficient (Wildman–Crippen LogP) is 3.75. The van der Waals surface area contributed by atoms with E-state index in [0.717, 1.165) is 17.5 Å². The molecule has 4 atom stereocenters. The Balaban J connectivity index is 1.28. The second-order valence-corrected chi connectivity index (χ2v) is 8.98. The maximum atomic E-state index is 12.8. The number of amides is 2. The zero-order valence-corrected chi connectivity index (χ0v) is 19.9. The van der Waals surface area contributed by atoms with Gasteiger partial charge in [-0.3, -0.25) is 19.7 Å². The van der Waals surface area contributed by atoms with Crippen molar-refractivity contribution in [3.05, 3.63) is 81.9 Å². The van der Waals surface area contributed by atoms with Crippen LogP contribution in [-0.4, -0.2) is 40.5 Å². The molecule has 3 aliphatic rings. The number of non-ortho nitro benzene ring substituents is 1. The van der Waals surface area contributed by atoms with Crippen molar-refractivity contribution < 1.29 is 28.8 Å². The number of carbonyl (C=O) groups is 3. The van der Waals surface area contributed by atoms with Crippen LogP contribution in [0.1, 0.15) is 24.5 Å². The van der Waals surface area contributed by atoms with Gasteiger partial charge < -0.3 is 9.47 Å². The highest BCUT2D eigenvalue weighted by Gasteiger charge is 2.59. The molecule has 1 heterocycles. The number of rotatable bonds is 8. The van der Waals surface area contributed by atoms with Crippen LogP contribution in [0.3, 0.4) is 0 Å². The smallest absolute Gasteiger partial charge is 0.336 e. The second kappa shape index (κ2) is 9.81. The summed E-state index contributed by atoms with van der Waals surface area (Å²) in [6.45, 7) is 2.08. The minimum absolute atomic E-state index is 0.0871. The molecule has 2 aromatic carbocycles. The summed E-state index contributed by atoms with van der Waals surface area (Å²) in [7, 11) is 0. The first-order chi connectivity index (χ1) is 17.9. The monoisotopic (exact) mass is 501 g/mol. The van der Waals surface area contributed by atoms with Crippen molar-refractivity contribution in [3.63, 3.8) is 0 Å². The molecule has 1 saturated carbocycles. The molecule has 0 radical (unpaired) electrons. The molecular weight excluding hydrogens is 478 g/mol. The fourth-order valence-corrected chi connectivity index (χ4v) is 5.13. The minimum Gasteiger partial charge on any atom is -0.490 e. The molecule has 1 aliphatic heterocycles. The highest BCUT2D eigenvalue weighted by molar-refractivity contribution is 6.06. The number of hydrogen-bond acceptors (Lipinski definition) is 8. The van der Waals surface area contributed by atoms with Crippen molar-refractivity contribution in [2.75, 3.05) is 6.61 Å². The molecule has 0 aromatic heterocycles.